The molecule has 0 aromatic heterocycles. The smallest absolute Gasteiger partial charge is 0.223 e. The number of carbonyl (C=O) groups excluding carboxylic acids is 1. The predicted molar refractivity (Wildman–Crippen MR) is 109 cm³/mol. The molecular formula is C24H34N2O. The minimum Gasteiger partial charge on any atom is -0.338 e. The van der Waals surface area contributed by atoms with Crippen LogP contribution in [0.15, 0.2) is 24.3 Å². The lowest BCUT2D eigenvalue weighted by atomic mass is 9.60. The Hall–Kier alpha value is -1.35. The first-order valence-corrected chi connectivity index (χ1v) is 11.3. The summed E-state index contributed by atoms with van der Waals surface area (Å²) < 4.78 is 0. The average molecular weight is 367 g/mol. The summed E-state index contributed by atoms with van der Waals surface area (Å²) in [5.41, 5.74) is 3.32. The van der Waals surface area contributed by atoms with Crippen molar-refractivity contribution < 1.29 is 4.79 Å². The van der Waals surface area contributed by atoms with Gasteiger partial charge in [0, 0.05) is 19.5 Å². The van der Waals surface area contributed by atoms with Crippen LogP contribution in [-0.4, -0.2) is 41.9 Å². The Morgan fingerprint density at radius 3 is 2.44 bits per heavy atom. The molecule has 0 bridgehead atoms. The normalized spacial score (nSPS) is 31.6. The van der Waals surface area contributed by atoms with E-state index in [1.165, 1.54) is 76.4 Å². The van der Waals surface area contributed by atoms with Gasteiger partial charge < -0.3 is 9.80 Å². The molecule has 1 saturated carbocycles. The summed E-state index contributed by atoms with van der Waals surface area (Å²) in [7, 11) is 2.01. The highest BCUT2D eigenvalue weighted by Gasteiger charge is 2.51. The quantitative estimate of drug-likeness (QED) is 0.675. The minimum absolute atomic E-state index is 0.310. The van der Waals surface area contributed by atoms with E-state index in [2.05, 4.69) is 29.2 Å². The van der Waals surface area contributed by atoms with Crippen LogP contribution in [-0.2, 0) is 10.2 Å². The van der Waals surface area contributed by atoms with Crippen molar-refractivity contribution in [1.82, 2.24) is 9.80 Å². The minimum atomic E-state index is 0.310. The fourth-order valence-corrected chi connectivity index (χ4v) is 6.86. The van der Waals surface area contributed by atoms with Crippen LogP contribution in [0.5, 0.6) is 0 Å². The van der Waals surface area contributed by atoms with Gasteiger partial charge in [-0.2, -0.15) is 0 Å². The number of amides is 1. The standard InChI is InChI=1S/C24H34N2O/c1-25-22(27)16-18-17-24(21-11-7-6-10-20(21)23(18)25)12-14-26(15-13-24)19-8-4-2-3-5-9-19/h6-7,10-11,18-19,23H,2-5,8-9,12-17H2,1H3/t18-,23-/m1/s1. The number of fused-ring (bicyclic) bond motifs is 4. The molecule has 1 spiro atoms. The molecule has 2 heterocycles. The second-order valence-corrected chi connectivity index (χ2v) is 9.67. The van der Waals surface area contributed by atoms with Gasteiger partial charge in [-0.25, -0.2) is 0 Å². The van der Waals surface area contributed by atoms with E-state index >= 15 is 0 Å². The summed E-state index contributed by atoms with van der Waals surface area (Å²) in [6, 6.07) is 10.2. The number of likely N-dealkylation sites (tertiary alicyclic amines) is 2. The van der Waals surface area contributed by atoms with E-state index in [0.29, 0.717) is 23.3 Å². The monoisotopic (exact) mass is 366 g/mol. The highest BCUT2D eigenvalue weighted by atomic mass is 16.2. The van der Waals surface area contributed by atoms with Crippen LogP contribution < -0.4 is 0 Å². The Bertz CT molecular complexity index is 698. The first-order chi connectivity index (χ1) is 13.2. The summed E-state index contributed by atoms with van der Waals surface area (Å²) in [5.74, 6) is 0.856. The zero-order valence-corrected chi connectivity index (χ0v) is 16.8. The summed E-state index contributed by atoms with van der Waals surface area (Å²) in [6.07, 6.45) is 13.1. The van der Waals surface area contributed by atoms with E-state index in [1.54, 1.807) is 5.56 Å². The molecule has 3 heteroatoms. The van der Waals surface area contributed by atoms with Crippen LogP contribution in [0.3, 0.4) is 0 Å². The van der Waals surface area contributed by atoms with Crippen LogP contribution in [0.2, 0.25) is 0 Å². The van der Waals surface area contributed by atoms with E-state index in [9.17, 15) is 4.79 Å². The predicted octanol–water partition coefficient (Wildman–Crippen LogP) is 4.67. The summed E-state index contributed by atoms with van der Waals surface area (Å²) in [4.78, 5) is 17.3. The number of hydrogen-bond acceptors (Lipinski definition) is 2. The lowest BCUT2D eigenvalue weighted by molar-refractivity contribution is -0.127. The highest BCUT2D eigenvalue weighted by molar-refractivity contribution is 5.80. The second kappa shape index (κ2) is 6.92. The first kappa shape index (κ1) is 17.7. The first-order valence-electron chi connectivity index (χ1n) is 11.3. The zero-order valence-electron chi connectivity index (χ0n) is 16.8. The molecule has 4 aliphatic rings. The summed E-state index contributed by atoms with van der Waals surface area (Å²) >= 11 is 0. The molecule has 2 aliphatic heterocycles. The molecule has 1 aromatic rings. The molecule has 0 radical (unpaired) electrons. The second-order valence-electron chi connectivity index (χ2n) is 9.67. The van der Waals surface area contributed by atoms with Gasteiger partial charge in [-0.3, -0.25) is 4.79 Å². The molecule has 3 fully saturated rings. The topological polar surface area (TPSA) is 23.6 Å². The van der Waals surface area contributed by atoms with Crippen molar-refractivity contribution in [2.24, 2.45) is 5.92 Å². The molecule has 3 nitrogen and oxygen atoms in total. The number of piperidine rings is 1. The van der Waals surface area contributed by atoms with E-state index in [1.807, 2.05) is 11.9 Å². The molecule has 5 rings (SSSR count). The molecule has 146 valence electrons. The SMILES string of the molecule is CN1C(=O)C[C@@H]2CC3(CCN(C4CCCCCC4)CC3)c3ccccc3[C@@H]21. The number of carbonyl (C=O) groups is 1. The van der Waals surface area contributed by atoms with E-state index < -0.39 is 0 Å². The van der Waals surface area contributed by atoms with Gasteiger partial charge in [-0.15, -0.1) is 0 Å². The van der Waals surface area contributed by atoms with Crippen molar-refractivity contribution in [3.05, 3.63) is 35.4 Å². The van der Waals surface area contributed by atoms with Gasteiger partial charge in [0.2, 0.25) is 5.91 Å². The van der Waals surface area contributed by atoms with Gasteiger partial charge in [0.05, 0.1) is 6.04 Å². The molecule has 2 atom stereocenters. The molecule has 27 heavy (non-hydrogen) atoms. The van der Waals surface area contributed by atoms with Crippen molar-refractivity contribution in [2.45, 2.75) is 81.7 Å². The van der Waals surface area contributed by atoms with Crippen molar-refractivity contribution in [1.29, 1.82) is 0 Å². The fraction of sp³-hybridized carbons (Fsp3) is 0.708. The molecule has 1 aromatic carbocycles. The third-order valence-electron chi connectivity index (χ3n) is 8.29. The van der Waals surface area contributed by atoms with Crippen LogP contribution in [0, 0.1) is 5.92 Å². The maximum absolute atomic E-state index is 12.4. The third kappa shape index (κ3) is 2.93. The van der Waals surface area contributed by atoms with Gasteiger partial charge in [0.1, 0.15) is 0 Å². The van der Waals surface area contributed by atoms with Crippen LogP contribution >= 0.6 is 0 Å². The van der Waals surface area contributed by atoms with Crippen molar-refractivity contribution in [3.8, 4) is 0 Å². The Labute approximate surface area is 164 Å². The number of rotatable bonds is 1. The molecular weight excluding hydrogens is 332 g/mol. The maximum Gasteiger partial charge on any atom is 0.223 e. The Kier molecular flexibility index (Phi) is 4.54. The van der Waals surface area contributed by atoms with Crippen LogP contribution in [0.25, 0.3) is 0 Å². The van der Waals surface area contributed by atoms with Gasteiger partial charge in [-0.1, -0.05) is 49.9 Å². The molecule has 0 unspecified atom stereocenters. The van der Waals surface area contributed by atoms with Gasteiger partial charge in [-0.05, 0) is 67.7 Å². The Balaban J connectivity index is 1.40. The molecule has 0 N–H and O–H groups in total. The lowest BCUT2D eigenvalue weighted by Gasteiger charge is -2.50. The number of benzene rings is 1. The lowest BCUT2D eigenvalue weighted by Crippen LogP contribution is -2.49. The highest BCUT2D eigenvalue weighted by Crippen LogP contribution is 2.55. The Morgan fingerprint density at radius 1 is 1.00 bits per heavy atom. The van der Waals surface area contributed by atoms with E-state index in [4.69, 9.17) is 0 Å². The van der Waals surface area contributed by atoms with E-state index in [-0.39, 0.29) is 0 Å². The van der Waals surface area contributed by atoms with Crippen LogP contribution in [0.1, 0.15) is 81.4 Å². The Morgan fingerprint density at radius 2 is 1.70 bits per heavy atom. The largest absolute Gasteiger partial charge is 0.338 e. The molecule has 2 saturated heterocycles. The van der Waals surface area contributed by atoms with Gasteiger partial charge >= 0.3 is 0 Å². The molecule has 1 amide bonds. The number of nitrogens with zero attached hydrogens (tertiary/aromatic N) is 2. The summed E-state index contributed by atoms with van der Waals surface area (Å²) in [5, 5.41) is 0. The molecule has 2 aliphatic carbocycles. The van der Waals surface area contributed by atoms with E-state index in [0.717, 1.165) is 12.5 Å². The summed E-state index contributed by atoms with van der Waals surface area (Å²) in [6.45, 7) is 2.50. The zero-order chi connectivity index (χ0) is 18.4. The average Bonchev–Trinajstić information content (AvgIpc) is 2.87. The van der Waals surface area contributed by atoms with Gasteiger partial charge in [0.15, 0.2) is 0 Å². The van der Waals surface area contributed by atoms with Crippen molar-refractivity contribution in [2.75, 3.05) is 20.1 Å². The maximum atomic E-state index is 12.4. The van der Waals surface area contributed by atoms with Gasteiger partial charge in [0.25, 0.3) is 0 Å². The third-order valence-corrected chi connectivity index (χ3v) is 8.29. The van der Waals surface area contributed by atoms with Crippen LogP contribution in [0.4, 0.5) is 0 Å². The van der Waals surface area contributed by atoms with Crippen molar-refractivity contribution in [3.63, 3.8) is 0 Å². The number of hydrogen-bond donors (Lipinski definition) is 0. The fourth-order valence-electron chi connectivity index (χ4n) is 6.86. The van der Waals surface area contributed by atoms with Crippen molar-refractivity contribution >= 4 is 5.91 Å².